The number of aryl methyl sites for hydroxylation is 3. The third-order valence-electron chi connectivity index (χ3n) is 5.09. The van der Waals surface area contributed by atoms with Crippen LogP contribution in [0.25, 0.3) is 22.5 Å². The summed E-state index contributed by atoms with van der Waals surface area (Å²) in [5, 5.41) is 0. The first-order valence-corrected chi connectivity index (χ1v) is 9.28. The molecule has 0 saturated heterocycles. The van der Waals surface area contributed by atoms with Crippen molar-refractivity contribution in [3.63, 3.8) is 0 Å². The van der Waals surface area contributed by atoms with E-state index in [1.165, 1.54) is 17.2 Å². The number of hydrogen-bond acceptors (Lipinski definition) is 2. The van der Waals surface area contributed by atoms with Crippen LogP contribution in [0.4, 0.5) is 4.39 Å². The van der Waals surface area contributed by atoms with Crippen molar-refractivity contribution in [1.29, 1.82) is 0 Å². The van der Waals surface area contributed by atoms with Crippen molar-refractivity contribution >= 4 is 11.3 Å². The molecule has 0 saturated carbocycles. The van der Waals surface area contributed by atoms with E-state index < -0.39 is 0 Å². The normalized spacial score (nSPS) is 11.1. The van der Waals surface area contributed by atoms with Gasteiger partial charge in [-0.05, 0) is 65.8 Å². The molecule has 4 aromatic rings. The van der Waals surface area contributed by atoms with Gasteiger partial charge in [-0.1, -0.05) is 43.0 Å². The zero-order valence-corrected chi connectivity index (χ0v) is 15.8. The summed E-state index contributed by atoms with van der Waals surface area (Å²) in [7, 11) is 0. The Bertz CT molecular complexity index is 1170. The van der Waals surface area contributed by atoms with Crippen LogP contribution in [-0.2, 0) is 12.8 Å². The van der Waals surface area contributed by atoms with E-state index in [0.717, 1.165) is 34.5 Å². The molecule has 3 nitrogen and oxygen atoms in total. The number of rotatable bonds is 5. The summed E-state index contributed by atoms with van der Waals surface area (Å²) in [6.45, 7) is 5.92. The Kier molecular flexibility index (Phi) is 4.70. The molecular weight excluding hydrogens is 349 g/mol. The zero-order valence-electron chi connectivity index (χ0n) is 15.8. The minimum atomic E-state index is -0.144. The van der Waals surface area contributed by atoms with Gasteiger partial charge in [-0.2, -0.15) is 0 Å². The van der Waals surface area contributed by atoms with Gasteiger partial charge in [0.1, 0.15) is 11.5 Å². The van der Waals surface area contributed by atoms with Crippen LogP contribution >= 0.6 is 0 Å². The summed E-state index contributed by atoms with van der Waals surface area (Å²) in [6, 6.07) is 17.4. The average molecular weight is 371 g/mol. The molecule has 28 heavy (non-hydrogen) atoms. The first-order valence-electron chi connectivity index (χ1n) is 9.28. The topological polar surface area (TPSA) is 43.3 Å². The Hall–Kier alpha value is -3.40. The summed E-state index contributed by atoms with van der Waals surface area (Å²) in [5.74, 6) is -0.144. The molecule has 2 N–H and O–H groups in total. The lowest BCUT2D eigenvalue weighted by Gasteiger charge is -2.11. The number of nitrogens with zero attached hydrogens (tertiary/aromatic N) is 2. The highest BCUT2D eigenvalue weighted by Gasteiger charge is 2.09. The molecule has 0 aliphatic rings. The Balaban J connectivity index is 1.67. The molecule has 2 aromatic carbocycles. The Morgan fingerprint density at radius 3 is 2.71 bits per heavy atom. The third-order valence-corrected chi connectivity index (χ3v) is 5.09. The van der Waals surface area contributed by atoms with Crippen molar-refractivity contribution in [2.24, 2.45) is 5.73 Å². The van der Waals surface area contributed by atoms with Crippen LogP contribution in [0.1, 0.15) is 22.4 Å². The van der Waals surface area contributed by atoms with Crippen LogP contribution in [0.5, 0.6) is 0 Å². The van der Waals surface area contributed by atoms with Crippen LogP contribution in [-0.4, -0.2) is 9.38 Å². The van der Waals surface area contributed by atoms with E-state index in [-0.39, 0.29) is 5.82 Å². The Labute approximate surface area is 164 Å². The van der Waals surface area contributed by atoms with Gasteiger partial charge in [-0.15, -0.1) is 0 Å². The maximum atomic E-state index is 13.9. The van der Waals surface area contributed by atoms with Crippen LogP contribution < -0.4 is 5.73 Å². The summed E-state index contributed by atoms with van der Waals surface area (Å²) < 4.78 is 15.9. The molecule has 140 valence electrons. The Morgan fingerprint density at radius 2 is 1.93 bits per heavy atom. The van der Waals surface area contributed by atoms with Crippen LogP contribution in [0.15, 0.2) is 73.6 Å². The predicted molar refractivity (Wildman–Crippen MR) is 112 cm³/mol. The fraction of sp³-hybridized carbons (Fsp3) is 0.125. The van der Waals surface area contributed by atoms with Gasteiger partial charge in [-0.25, -0.2) is 9.37 Å². The molecular formula is C24H22FN3. The van der Waals surface area contributed by atoms with E-state index in [4.69, 9.17) is 5.73 Å². The minimum absolute atomic E-state index is 0.144. The van der Waals surface area contributed by atoms with E-state index in [1.807, 2.05) is 28.8 Å². The van der Waals surface area contributed by atoms with Gasteiger partial charge in [0.15, 0.2) is 0 Å². The second-order valence-corrected chi connectivity index (χ2v) is 7.06. The number of fused-ring (bicyclic) bond motifs is 1. The van der Waals surface area contributed by atoms with E-state index in [9.17, 15) is 4.39 Å². The second kappa shape index (κ2) is 7.31. The van der Waals surface area contributed by atoms with Crippen LogP contribution in [0.3, 0.4) is 0 Å². The number of hydrogen-bond donors (Lipinski definition) is 1. The van der Waals surface area contributed by atoms with E-state index in [0.29, 0.717) is 12.1 Å². The third kappa shape index (κ3) is 3.41. The van der Waals surface area contributed by atoms with Gasteiger partial charge in [0.05, 0.1) is 17.6 Å². The van der Waals surface area contributed by atoms with Crippen molar-refractivity contribution in [2.45, 2.75) is 19.8 Å². The fourth-order valence-corrected chi connectivity index (χ4v) is 3.49. The molecule has 0 aliphatic carbocycles. The quantitative estimate of drug-likeness (QED) is 0.526. The lowest BCUT2D eigenvalue weighted by molar-refractivity contribution is 0.608. The van der Waals surface area contributed by atoms with E-state index in [1.54, 1.807) is 12.3 Å². The molecule has 0 radical (unpaired) electrons. The molecule has 0 fully saturated rings. The highest BCUT2D eigenvalue weighted by Crippen LogP contribution is 2.27. The van der Waals surface area contributed by atoms with Crippen molar-refractivity contribution in [3.05, 3.63) is 102 Å². The van der Waals surface area contributed by atoms with E-state index >= 15 is 0 Å². The molecule has 0 aliphatic heterocycles. The van der Waals surface area contributed by atoms with Crippen molar-refractivity contribution < 1.29 is 4.39 Å². The minimum Gasteiger partial charge on any atom is -0.397 e. The summed E-state index contributed by atoms with van der Waals surface area (Å²) >= 11 is 0. The molecule has 0 amide bonds. The summed E-state index contributed by atoms with van der Waals surface area (Å²) in [5.41, 5.74) is 13.3. The first kappa shape index (κ1) is 18.0. The largest absolute Gasteiger partial charge is 0.397 e. The number of halogens is 1. The molecule has 2 heterocycles. The Morgan fingerprint density at radius 1 is 1.11 bits per heavy atom. The molecule has 0 spiro atoms. The number of aromatic nitrogens is 2. The highest BCUT2D eigenvalue weighted by atomic mass is 19.1. The van der Waals surface area contributed by atoms with E-state index in [2.05, 4.69) is 42.8 Å². The molecule has 4 rings (SSSR count). The number of nitrogens with two attached hydrogens (primary N) is 1. The first-order chi connectivity index (χ1) is 13.5. The van der Waals surface area contributed by atoms with Gasteiger partial charge in [-0.3, -0.25) is 4.40 Å². The molecule has 4 heteroatoms. The lowest BCUT2D eigenvalue weighted by Crippen LogP contribution is -1.99. The van der Waals surface area contributed by atoms with Crippen molar-refractivity contribution in [1.82, 2.24) is 9.38 Å². The van der Waals surface area contributed by atoms with Gasteiger partial charge < -0.3 is 5.73 Å². The van der Waals surface area contributed by atoms with Gasteiger partial charge in [0, 0.05) is 6.20 Å². The average Bonchev–Trinajstić information content (AvgIpc) is 3.12. The van der Waals surface area contributed by atoms with Crippen LogP contribution in [0.2, 0.25) is 0 Å². The van der Waals surface area contributed by atoms with Gasteiger partial charge in [0.2, 0.25) is 0 Å². The number of benzene rings is 2. The molecule has 0 atom stereocenters. The standard InChI is InChI=1S/C24H22FN3/c1-16-7-8-18(9-10-19-5-3-4-6-22(19)25)13-21(16)20-11-12-24-27-14-23(17(2)26)28(24)15-20/h3-8,11-15H,2,9-10,26H2,1H3. The SMILES string of the molecule is C=C(N)c1cnc2ccc(-c3cc(CCc4ccccc4F)ccc3C)cn12. The number of imidazole rings is 1. The molecule has 0 unspecified atom stereocenters. The smallest absolute Gasteiger partial charge is 0.137 e. The second-order valence-electron chi connectivity index (χ2n) is 7.06. The number of pyridine rings is 1. The lowest BCUT2D eigenvalue weighted by atomic mass is 9.96. The summed E-state index contributed by atoms with van der Waals surface area (Å²) in [4.78, 5) is 4.37. The van der Waals surface area contributed by atoms with Crippen LogP contribution in [0, 0.1) is 12.7 Å². The predicted octanol–water partition coefficient (Wildman–Crippen LogP) is 5.16. The zero-order chi connectivity index (χ0) is 19.7. The van der Waals surface area contributed by atoms with Crippen molar-refractivity contribution in [2.75, 3.05) is 0 Å². The molecule has 0 bridgehead atoms. The fourth-order valence-electron chi connectivity index (χ4n) is 3.49. The van der Waals surface area contributed by atoms with Crippen molar-refractivity contribution in [3.8, 4) is 11.1 Å². The summed E-state index contributed by atoms with van der Waals surface area (Å²) in [6.07, 6.45) is 5.23. The molecule has 2 aromatic heterocycles. The monoisotopic (exact) mass is 371 g/mol. The maximum Gasteiger partial charge on any atom is 0.137 e. The van der Waals surface area contributed by atoms with Gasteiger partial charge in [0.25, 0.3) is 0 Å². The van der Waals surface area contributed by atoms with Gasteiger partial charge >= 0.3 is 0 Å². The maximum absolute atomic E-state index is 13.9. The highest BCUT2D eigenvalue weighted by molar-refractivity contribution is 5.70.